The summed E-state index contributed by atoms with van der Waals surface area (Å²) in [4.78, 5) is 26.2. The van der Waals surface area contributed by atoms with Gasteiger partial charge in [-0.15, -0.1) is 0 Å². The average Bonchev–Trinajstić information content (AvgIpc) is 3.00. The van der Waals surface area contributed by atoms with Crippen molar-refractivity contribution < 1.29 is 19.2 Å². The van der Waals surface area contributed by atoms with Gasteiger partial charge >= 0.3 is 0 Å². The van der Waals surface area contributed by atoms with Gasteiger partial charge in [0.25, 0.3) is 11.8 Å². The Balaban J connectivity index is 1.73. The van der Waals surface area contributed by atoms with Crippen LogP contribution in [0.5, 0.6) is 0 Å². The van der Waals surface area contributed by atoms with Crippen molar-refractivity contribution in [1.29, 1.82) is 0 Å². The van der Waals surface area contributed by atoms with Crippen LogP contribution in [0.15, 0.2) is 48.5 Å². The van der Waals surface area contributed by atoms with Crippen molar-refractivity contribution in [2.45, 2.75) is 19.5 Å². The van der Waals surface area contributed by atoms with E-state index in [1.54, 1.807) is 16.4 Å². The minimum Gasteiger partial charge on any atom is -0.333 e. The Morgan fingerprint density at radius 1 is 1.15 bits per heavy atom. The Morgan fingerprint density at radius 2 is 1.96 bits per heavy atom. The number of rotatable bonds is 3. The number of fused-ring (bicyclic) bond motifs is 3. The topological polar surface area (TPSA) is 74.6 Å². The summed E-state index contributed by atoms with van der Waals surface area (Å²) in [7, 11) is 0. The van der Waals surface area contributed by atoms with Gasteiger partial charge in [0.05, 0.1) is 6.54 Å². The molecule has 0 radical (unpaired) electrons. The lowest BCUT2D eigenvalue weighted by atomic mass is 10.0. The molecule has 6 nitrogen and oxygen atoms in total. The maximum atomic E-state index is 13.5. The van der Waals surface area contributed by atoms with Gasteiger partial charge in [0.15, 0.2) is 0 Å². The molecule has 0 unspecified atom stereocenters. The molecule has 0 bridgehead atoms. The first-order valence-electron chi connectivity index (χ1n) is 8.65. The Morgan fingerprint density at radius 3 is 2.74 bits per heavy atom. The molecule has 0 atom stereocenters. The van der Waals surface area contributed by atoms with E-state index in [0.29, 0.717) is 25.1 Å². The standard InChI is InChI=1S/C20H18FN3O3/c21-14-5-3-4-13(10-14)20(26)23-9-8-16-15-6-1-2-7-17(15)24(18(16)11-23)12-19(25)22-27/h1-7,10,27H,8-9,11-12H2,(H,22,25). The highest BCUT2D eigenvalue weighted by atomic mass is 19.1. The molecule has 2 aromatic carbocycles. The number of amides is 2. The first kappa shape index (κ1) is 17.2. The minimum absolute atomic E-state index is 0.0473. The molecule has 0 spiro atoms. The van der Waals surface area contributed by atoms with Crippen molar-refractivity contribution in [3.63, 3.8) is 0 Å². The number of hydrogen-bond acceptors (Lipinski definition) is 3. The molecule has 2 heterocycles. The summed E-state index contributed by atoms with van der Waals surface area (Å²) in [5, 5.41) is 9.95. The van der Waals surface area contributed by atoms with Crippen molar-refractivity contribution >= 4 is 22.7 Å². The Hall–Kier alpha value is -3.19. The van der Waals surface area contributed by atoms with Crippen LogP contribution in [0.4, 0.5) is 4.39 Å². The summed E-state index contributed by atoms with van der Waals surface area (Å²) in [5.74, 6) is -1.23. The van der Waals surface area contributed by atoms with E-state index < -0.39 is 11.7 Å². The normalized spacial score (nSPS) is 13.5. The molecule has 7 heteroatoms. The van der Waals surface area contributed by atoms with Crippen LogP contribution in [-0.4, -0.2) is 33.0 Å². The smallest absolute Gasteiger partial charge is 0.263 e. The second-order valence-electron chi connectivity index (χ2n) is 6.55. The van der Waals surface area contributed by atoms with E-state index in [0.717, 1.165) is 22.2 Å². The average molecular weight is 367 g/mol. The molecule has 4 rings (SSSR count). The first-order valence-corrected chi connectivity index (χ1v) is 8.65. The van der Waals surface area contributed by atoms with Gasteiger partial charge in [0.1, 0.15) is 12.4 Å². The fourth-order valence-electron chi connectivity index (χ4n) is 3.73. The van der Waals surface area contributed by atoms with Crippen LogP contribution in [-0.2, 0) is 24.3 Å². The minimum atomic E-state index is -0.535. The molecule has 27 heavy (non-hydrogen) atoms. The van der Waals surface area contributed by atoms with Crippen LogP contribution in [0.3, 0.4) is 0 Å². The summed E-state index contributed by atoms with van der Waals surface area (Å²) in [6.45, 7) is 0.787. The van der Waals surface area contributed by atoms with Gasteiger partial charge in [-0.2, -0.15) is 0 Å². The summed E-state index contributed by atoms with van der Waals surface area (Å²) in [6.07, 6.45) is 0.643. The van der Waals surface area contributed by atoms with E-state index in [4.69, 9.17) is 5.21 Å². The quantitative estimate of drug-likeness (QED) is 0.552. The molecule has 2 amide bonds. The van der Waals surface area contributed by atoms with Crippen LogP contribution in [0.1, 0.15) is 21.6 Å². The predicted molar refractivity (Wildman–Crippen MR) is 96.7 cm³/mol. The van der Waals surface area contributed by atoms with Gasteiger partial charge in [-0.3, -0.25) is 14.8 Å². The molecule has 0 saturated carbocycles. The largest absolute Gasteiger partial charge is 0.333 e. The number of carbonyl (C=O) groups excluding carboxylic acids is 2. The van der Waals surface area contributed by atoms with Gasteiger partial charge in [-0.25, -0.2) is 9.87 Å². The monoisotopic (exact) mass is 367 g/mol. The van der Waals surface area contributed by atoms with Gasteiger partial charge < -0.3 is 9.47 Å². The number of benzene rings is 2. The number of nitrogens with zero attached hydrogens (tertiary/aromatic N) is 2. The van der Waals surface area contributed by atoms with Crippen molar-refractivity contribution in [1.82, 2.24) is 14.9 Å². The van der Waals surface area contributed by atoms with Crippen LogP contribution in [0.25, 0.3) is 10.9 Å². The molecular weight excluding hydrogens is 349 g/mol. The number of para-hydroxylation sites is 1. The molecule has 138 valence electrons. The third kappa shape index (κ3) is 3.06. The first-order chi connectivity index (χ1) is 13.1. The van der Waals surface area contributed by atoms with E-state index in [-0.39, 0.29) is 12.5 Å². The zero-order chi connectivity index (χ0) is 19.0. The Kier molecular flexibility index (Phi) is 4.37. The zero-order valence-corrected chi connectivity index (χ0v) is 14.5. The summed E-state index contributed by atoms with van der Waals surface area (Å²) < 4.78 is 15.3. The molecule has 2 N–H and O–H groups in total. The molecule has 3 aromatic rings. The fourth-order valence-corrected chi connectivity index (χ4v) is 3.73. The van der Waals surface area contributed by atoms with Crippen molar-refractivity contribution in [2.75, 3.05) is 6.54 Å². The molecule has 0 fully saturated rings. The maximum Gasteiger partial charge on any atom is 0.263 e. The molecule has 0 aliphatic carbocycles. The highest BCUT2D eigenvalue weighted by Gasteiger charge is 2.27. The number of nitrogens with one attached hydrogen (secondary N) is 1. The summed E-state index contributed by atoms with van der Waals surface area (Å²) in [6, 6.07) is 13.4. The van der Waals surface area contributed by atoms with E-state index in [2.05, 4.69) is 0 Å². The van der Waals surface area contributed by atoms with Crippen LogP contribution < -0.4 is 5.48 Å². The number of halogens is 1. The molecular formula is C20H18FN3O3. The molecule has 0 saturated heterocycles. The van der Waals surface area contributed by atoms with Gasteiger partial charge in [-0.1, -0.05) is 24.3 Å². The second-order valence-corrected chi connectivity index (χ2v) is 6.55. The fraction of sp³-hybridized carbons (Fsp3) is 0.200. The predicted octanol–water partition coefficient (Wildman–Crippen LogP) is 2.48. The van der Waals surface area contributed by atoms with E-state index in [1.165, 1.54) is 18.2 Å². The lowest BCUT2D eigenvalue weighted by Crippen LogP contribution is -2.37. The Bertz CT molecular complexity index is 1040. The van der Waals surface area contributed by atoms with Crippen molar-refractivity contribution in [3.05, 3.63) is 71.2 Å². The second kappa shape index (κ2) is 6.85. The summed E-state index contributed by atoms with van der Waals surface area (Å²) >= 11 is 0. The Labute approximate surface area is 154 Å². The SMILES string of the molecule is O=C(Cn1c2c(c3ccccc31)CCN(C(=O)c1cccc(F)c1)C2)NO. The summed E-state index contributed by atoms with van der Waals surface area (Å²) in [5.41, 5.74) is 4.79. The third-order valence-electron chi connectivity index (χ3n) is 4.95. The number of hydroxylamine groups is 1. The van der Waals surface area contributed by atoms with Crippen molar-refractivity contribution in [3.8, 4) is 0 Å². The van der Waals surface area contributed by atoms with Gasteiger partial charge in [-0.05, 0) is 36.2 Å². The highest BCUT2D eigenvalue weighted by Crippen LogP contribution is 2.31. The van der Waals surface area contributed by atoms with E-state index in [9.17, 15) is 14.0 Å². The zero-order valence-electron chi connectivity index (χ0n) is 14.5. The lowest BCUT2D eigenvalue weighted by molar-refractivity contribution is -0.129. The van der Waals surface area contributed by atoms with E-state index >= 15 is 0 Å². The molecule has 1 aliphatic heterocycles. The highest BCUT2D eigenvalue weighted by molar-refractivity contribution is 5.95. The lowest BCUT2D eigenvalue weighted by Gasteiger charge is -2.28. The van der Waals surface area contributed by atoms with Crippen molar-refractivity contribution in [2.24, 2.45) is 0 Å². The molecule has 1 aliphatic rings. The van der Waals surface area contributed by atoms with Gasteiger partial charge in [0, 0.05) is 28.7 Å². The maximum absolute atomic E-state index is 13.5. The van der Waals surface area contributed by atoms with Gasteiger partial charge in [0.2, 0.25) is 0 Å². The number of aromatic nitrogens is 1. The van der Waals surface area contributed by atoms with Crippen LogP contribution in [0.2, 0.25) is 0 Å². The number of carbonyl (C=O) groups is 2. The van der Waals surface area contributed by atoms with Crippen LogP contribution >= 0.6 is 0 Å². The third-order valence-corrected chi connectivity index (χ3v) is 4.95. The van der Waals surface area contributed by atoms with Crippen LogP contribution in [0, 0.1) is 5.82 Å². The molecule has 1 aromatic heterocycles. The van der Waals surface area contributed by atoms with E-state index in [1.807, 2.05) is 28.8 Å². The number of hydrogen-bond donors (Lipinski definition) is 2.